The summed E-state index contributed by atoms with van der Waals surface area (Å²) < 4.78 is 18.3. The number of nitrogens with zero attached hydrogens (tertiary/aromatic N) is 2. The Bertz CT molecular complexity index is 793. The van der Waals surface area contributed by atoms with Gasteiger partial charge in [0.25, 0.3) is 0 Å². The lowest BCUT2D eigenvalue weighted by Gasteiger charge is -2.34. The van der Waals surface area contributed by atoms with Crippen LogP contribution in [0.5, 0.6) is 5.75 Å². The maximum Gasteiger partial charge on any atom is 0.317 e. The van der Waals surface area contributed by atoms with Crippen LogP contribution in [0, 0.1) is 5.82 Å². The molecule has 8 heteroatoms. The monoisotopic (exact) mass is 400 g/mol. The molecular formula is C21H25FN4O3. The third kappa shape index (κ3) is 6.76. The summed E-state index contributed by atoms with van der Waals surface area (Å²) in [6, 6.07) is 14.9. The molecule has 0 saturated carbocycles. The van der Waals surface area contributed by atoms with Crippen LogP contribution in [0.3, 0.4) is 0 Å². The molecule has 29 heavy (non-hydrogen) atoms. The minimum Gasteiger partial charge on any atom is -0.492 e. The van der Waals surface area contributed by atoms with Gasteiger partial charge in [0.05, 0.1) is 13.1 Å². The fraction of sp³-hybridized carbons (Fsp3) is 0.333. The predicted molar refractivity (Wildman–Crippen MR) is 108 cm³/mol. The Morgan fingerprint density at radius 3 is 2.34 bits per heavy atom. The normalized spacial score (nSPS) is 14.3. The van der Waals surface area contributed by atoms with Crippen molar-refractivity contribution in [3.05, 3.63) is 60.4 Å². The van der Waals surface area contributed by atoms with Gasteiger partial charge >= 0.3 is 6.03 Å². The average Bonchev–Trinajstić information content (AvgIpc) is 2.73. The minimum atomic E-state index is -0.317. The first-order chi connectivity index (χ1) is 14.1. The molecule has 2 aromatic rings. The van der Waals surface area contributed by atoms with Crippen LogP contribution in [-0.2, 0) is 4.79 Å². The molecule has 3 amide bonds. The molecule has 0 aliphatic carbocycles. The second kappa shape index (κ2) is 10.4. The van der Waals surface area contributed by atoms with Crippen molar-refractivity contribution in [1.82, 2.24) is 15.1 Å². The van der Waals surface area contributed by atoms with Crippen molar-refractivity contribution < 1.29 is 18.7 Å². The molecule has 1 saturated heterocycles. The number of rotatable bonds is 7. The molecular weight excluding hydrogens is 375 g/mol. The number of piperazine rings is 1. The van der Waals surface area contributed by atoms with Gasteiger partial charge in [-0.1, -0.05) is 18.2 Å². The maximum absolute atomic E-state index is 12.8. The van der Waals surface area contributed by atoms with Crippen LogP contribution in [0.25, 0.3) is 0 Å². The number of nitrogens with one attached hydrogen (secondary N) is 2. The van der Waals surface area contributed by atoms with Crippen molar-refractivity contribution >= 4 is 17.6 Å². The van der Waals surface area contributed by atoms with Gasteiger partial charge in [0.2, 0.25) is 5.91 Å². The summed E-state index contributed by atoms with van der Waals surface area (Å²) >= 11 is 0. The molecule has 3 rings (SSSR count). The highest BCUT2D eigenvalue weighted by Crippen LogP contribution is 2.10. The lowest BCUT2D eigenvalue weighted by Crippen LogP contribution is -2.53. The van der Waals surface area contributed by atoms with Gasteiger partial charge in [0.15, 0.2) is 0 Å². The Hall–Kier alpha value is -3.13. The molecule has 1 heterocycles. The van der Waals surface area contributed by atoms with Crippen molar-refractivity contribution in [2.45, 2.75) is 0 Å². The fourth-order valence-electron chi connectivity index (χ4n) is 3.00. The van der Waals surface area contributed by atoms with Gasteiger partial charge in [-0.05, 0) is 36.4 Å². The van der Waals surface area contributed by atoms with E-state index in [1.165, 1.54) is 12.1 Å². The number of amides is 3. The SMILES string of the molecule is O=C(CN1CCN(C(=O)NCCOc2ccc(F)cc2)CC1)Nc1ccccc1. The molecule has 0 radical (unpaired) electrons. The van der Waals surface area contributed by atoms with Crippen molar-refractivity contribution in [2.24, 2.45) is 0 Å². The third-order valence-electron chi connectivity index (χ3n) is 4.54. The number of carbonyl (C=O) groups excluding carboxylic acids is 2. The number of anilines is 1. The number of benzene rings is 2. The standard InChI is InChI=1S/C21H25FN4O3/c22-17-6-8-19(9-7-17)29-15-10-23-21(28)26-13-11-25(12-14-26)16-20(27)24-18-4-2-1-3-5-18/h1-9H,10-16H2,(H,23,28)(H,24,27). The van der Waals surface area contributed by atoms with E-state index in [9.17, 15) is 14.0 Å². The predicted octanol–water partition coefficient (Wildman–Crippen LogP) is 2.17. The van der Waals surface area contributed by atoms with E-state index < -0.39 is 0 Å². The van der Waals surface area contributed by atoms with Crippen LogP contribution in [0.15, 0.2) is 54.6 Å². The molecule has 2 aromatic carbocycles. The summed E-state index contributed by atoms with van der Waals surface area (Å²) in [4.78, 5) is 28.1. The zero-order valence-electron chi connectivity index (χ0n) is 16.1. The maximum atomic E-state index is 12.8. The van der Waals surface area contributed by atoms with Crippen molar-refractivity contribution in [3.8, 4) is 5.75 Å². The molecule has 1 aliphatic heterocycles. The zero-order chi connectivity index (χ0) is 20.5. The van der Waals surface area contributed by atoms with E-state index in [1.54, 1.807) is 17.0 Å². The number of urea groups is 1. The molecule has 154 valence electrons. The lowest BCUT2D eigenvalue weighted by atomic mass is 10.3. The van der Waals surface area contributed by atoms with E-state index in [1.807, 2.05) is 35.2 Å². The highest BCUT2D eigenvalue weighted by molar-refractivity contribution is 5.92. The molecule has 0 aromatic heterocycles. The molecule has 1 aliphatic rings. The number of para-hydroxylation sites is 1. The van der Waals surface area contributed by atoms with Gasteiger partial charge in [-0.3, -0.25) is 9.69 Å². The molecule has 2 N–H and O–H groups in total. The van der Waals surface area contributed by atoms with Crippen LogP contribution in [0.1, 0.15) is 0 Å². The second-order valence-corrected chi connectivity index (χ2v) is 6.71. The summed E-state index contributed by atoms with van der Waals surface area (Å²) in [6.45, 7) is 3.36. The largest absolute Gasteiger partial charge is 0.492 e. The van der Waals surface area contributed by atoms with Crippen molar-refractivity contribution in [1.29, 1.82) is 0 Å². The zero-order valence-corrected chi connectivity index (χ0v) is 16.1. The fourth-order valence-corrected chi connectivity index (χ4v) is 3.00. The number of carbonyl (C=O) groups is 2. The Kier molecular flexibility index (Phi) is 7.40. The number of hydrogen-bond donors (Lipinski definition) is 2. The first-order valence-corrected chi connectivity index (χ1v) is 9.58. The summed E-state index contributed by atoms with van der Waals surface area (Å²) in [7, 11) is 0. The highest BCUT2D eigenvalue weighted by Gasteiger charge is 2.22. The van der Waals surface area contributed by atoms with E-state index in [0.29, 0.717) is 51.6 Å². The van der Waals surface area contributed by atoms with Gasteiger partial charge in [-0.2, -0.15) is 0 Å². The average molecular weight is 400 g/mol. The molecule has 7 nitrogen and oxygen atoms in total. The van der Waals surface area contributed by atoms with Gasteiger partial charge in [-0.15, -0.1) is 0 Å². The van der Waals surface area contributed by atoms with E-state index in [0.717, 1.165) is 5.69 Å². The Labute approximate surface area is 169 Å². The van der Waals surface area contributed by atoms with Crippen LogP contribution >= 0.6 is 0 Å². The molecule has 1 fully saturated rings. The summed E-state index contributed by atoms with van der Waals surface area (Å²) in [5.41, 5.74) is 0.776. The van der Waals surface area contributed by atoms with E-state index in [-0.39, 0.29) is 17.8 Å². The molecule has 0 atom stereocenters. The van der Waals surface area contributed by atoms with Gasteiger partial charge < -0.3 is 20.3 Å². The van der Waals surface area contributed by atoms with Gasteiger partial charge in [0.1, 0.15) is 18.2 Å². The Morgan fingerprint density at radius 1 is 0.966 bits per heavy atom. The summed E-state index contributed by atoms with van der Waals surface area (Å²) in [6.07, 6.45) is 0. The quantitative estimate of drug-likeness (QED) is 0.699. The molecule has 0 bridgehead atoms. The summed E-state index contributed by atoms with van der Waals surface area (Å²) in [5.74, 6) is 0.178. The Balaban J connectivity index is 1.30. The van der Waals surface area contributed by atoms with Crippen LogP contribution in [0.4, 0.5) is 14.9 Å². The Morgan fingerprint density at radius 2 is 1.66 bits per heavy atom. The smallest absolute Gasteiger partial charge is 0.317 e. The van der Waals surface area contributed by atoms with E-state index >= 15 is 0 Å². The van der Waals surface area contributed by atoms with Gasteiger partial charge in [-0.25, -0.2) is 9.18 Å². The van der Waals surface area contributed by atoms with E-state index in [4.69, 9.17) is 4.74 Å². The first-order valence-electron chi connectivity index (χ1n) is 9.58. The number of hydrogen-bond acceptors (Lipinski definition) is 4. The minimum absolute atomic E-state index is 0.0629. The number of ether oxygens (including phenoxy) is 1. The van der Waals surface area contributed by atoms with Gasteiger partial charge in [0, 0.05) is 31.9 Å². The van der Waals surface area contributed by atoms with Crippen LogP contribution in [-0.4, -0.2) is 67.6 Å². The van der Waals surface area contributed by atoms with Crippen LogP contribution < -0.4 is 15.4 Å². The van der Waals surface area contributed by atoms with Crippen molar-refractivity contribution in [2.75, 3.05) is 51.2 Å². The first kappa shape index (κ1) is 20.6. The lowest BCUT2D eigenvalue weighted by molar-refractivity contribution is -0.117. The third-order valence-corrected chi connectivity index (χ3v) is 4.54. The summed E-state index contributed by atoms with van der Waals surface area (Å²) in [5, 5.41) is 5.68. The molecule has 0 spiro atoms. The van der Waals surface area contributed by atoms with Crippen molar-refractivity contribution in [3.63, 3.8) is 0 Å². The number of halogens is 1. The second-order valence-electron chi connectivity index (χ2n) is 6.71. The molecule has 0 unspecified atom stereocenters. The van der Waals surface area contributed by atoms with Crippen LogP contribution in [0.2, 0.25) is 0 Å². The topological polar surface area (TPSA) is 73.9 Å². The highest BCUT2D eigenvalue weighted by atomic mass is 19.1. The van der Waals surface area contributed by atoms with E-state index in [2.05, 4.69) is 10.6 Å².